The number of pyridine rings is 1. The number of rotatable bonds is 2. The summed E-state index contributed by atoms with van der Waals surface area (Å²) in [5.74, 6) is 1.09. The minimum atomic E-state index is 0.586. The van der Waals surface area contributed by atoms with Gasteiger partial charge in [-0.05, 0) is 37.5 Å². The second kappa shape index (κ2) is 5.17. The van der Waals surface area contributed by atoms with Crippen molar-refractivity contribution in [1.29, 1.82) is 0 Å². The van der Waals surface area contributed by atoms with Gasteiger partial charge in [0.2, 0.25) is 0 Å². The van der Waals surface area contributed by atoms with Crippen molar-refractivity contribution in [2.45, 2.75) is 43.5 Å². The van der Waals surface area contributed by atoms with Crippen molar-refractivity contribution in [2.24, 2.45) is 0 Å². The zero-order valence-corrected chi connectivity index (χ0v) is 11.6. The third-order valence-corrected chi connectivity index (χ3v) is 4.48. The number of aryl methyl sites for hydroxylation is 1. The third kappa shape index (κ3) is 2.57. The molecule has 1 aliphatic carbocycles. The Balaban J connectivity index is 2.14. The molecule has 1 saturated carbocycles. The van der Waals surface area contributed by atoms with Crippen LogP contribution in [-0.2, 0) is 0 Å². The highest BCUT2D eigenvalue weighted by Crippen LogP contribution is 2.30. The number of hydrogen-bond acceptors (Lipinski definition) is 2. The van der Waals surface area contributed by atoms with Crippen LogP contribution in [0.4, 0.5) is 5.82 Å². The van der Waals surface area contributed by atoms with Gasteiger partial charge in [0.15, 0.2) is 0 Å². The van der Waals surface area contributed by atoms with Gasteiger partial charge in [0.1, 0.15) is 5.82 Å². The van der Waals surface area contributed by atoms with Gasteiger partial charge in [0.25, 0.3) is 0 Å². The molecule has 88 valence electrons. The molecule has 1 fully saturated rings. The van der Waals surface area contributed by atoms with E-state index in [1.54, 1.807) is 0 Å². The zero-order chi connectivity index (χ0) is 11.5. The van der Waals surface area contributed by atoms with E-state index >= 15 is 0 Å². The monoisotopic (exact) mass is 282 g/mol. The molecule has 2 unspecified atom stereocenters. The summed E-state index contributed by atoms with van der Waals surface area (Å²) < 4.78 is 0. The van der Waals surface area contributed by atoms with Crippen LogP contribution >= 0.6 is 15.9 Å². The Morgan fingerprint density at radius 3 is 2.81 bits per heavy atom. The third-order valence-electron chi connectivity index (χ3n) is 3.41. The maximum absolute atomic E-state index is 4.45. The largest absolute Gasteiger partial charge is 0.356 e. The van der Waals surface area contributed by atoms with Crippen LogP contribution in [0.25, 0.3) is 0 Å². The van der Waals surface area contributed by atoms with Crippen molar-refractivity contribution in [3.8, 4) is 0 Å². The maximum atomic E-state index is 4.45. The molecule has 1 aromatic rings. The molecule has 0 N–H and O–H groups in total. The van der Waals surface area contributed by atoms with Crippen LogP contribution in [0.5, 0.6) is 0 Å². The molecule has 1 aliphatic rings. The minimum absolute atomic E-state index is 0.586. The molecule has 3 heteroatoms. The van der Waals surface area contributed by atoms with E-state index in [0.717, 1.165) is 5.82 Å². The summed E-state index contributed by atoms with van der Waals surface area (Å²) in [4.78, 5) is 7.38. The van der Waals surface area contributed by atoms with E-state index in [1.165, 1.54) is 31.2 Å². The fraction of sp³-hybridized carbons (Fsp3) is 0.615. The molecule has 0 saturated heterocycles. The van der Waals surface area contributed by atoms with Crippen LogP contribution in [0.2, 0.25) is 0 Å². The van der Waals surface area contributed by atoms with Crippen molar-refractivity contribution in [3.05, 3.63) is 23.9 Å². The highest BCUT2D eigenvalue weighted by Gasteiger charge is 2.26. The Labute approximate surface area is 106 Å². The van der Waals surface area contributed by atoms with E-state index in [4.69, 9.17) is 0 Å². The molecule has 2 atom stereocenters. The minimum Gasteiger partial charge on any atom is -0.356 e. The first-order valence-electron chi connectivity index (χ1n) is 5.98. The Morgan fingerprint density at radius 1 is 1.38 bits per heavy atom. The Kier molecular flexibility index (Phi) is 3.85. The van der Waals surface area contributed by atoms with Crippen LogP contribution in [0, 0.1) is 6.92 Å². The molecular weight excluding hydrogens is 264 g/mol. The van der Waals surface area contributed by atoms with Crippen molar-refractivity contribution >= 4 is 21.7 Å². The first-order valence-corrected chi connectivity index (χ1v) is 6.89. The Hall–Kier alpha value is -0.570. The van der Waals surface area contributed by atoms with Crippen LogP contribution in [0.15, 0.2) is 18.3 Å². The van der Waals surface area contributed by atoms with Gasteiger partial charge >= 0.3 is 0 Å². The molecule has 1 aromatic heterocycles. The average molecular weight is 283 g/mol. The first kappa shape index (κ1) is 11.9. The lowest BCUT2D eigenvalue weighted by molar-refractivity contribution is 0.442. The molecule has 0 bridgehead atoms. The smallest absolute Gasteiger partial charge is 0.128 e. The fourth-order valence-corrected chi connectivity index (χ4v) is 3.33. The standard InChI is InChI=1S/C13H19BrN2/c1-10-7-8-15-13(9-10)16(2)12-6-4-3-5-11(12)14/h7-9,11-12H,3-6H2,1-2H3. The van der Waals surface area contributed by atoms with E-state index < -0.39 is 0 Å². The average Bonchev–Trinajstić information content (AvgIpc) is 2.29. The van der Waals surface area contributed by atoms with Gasteiger partial charge in [0.05, 0.1) is 0 Å². The number of halogens is 1. The summed E-state index contributed by atoms with van der Waals surface area (Å²) in [6.07, 6.45) is 7.13. The lowest BCUT2D eigenvalue weighted by atomic mass is 9.94. The van der Waals surface area contributed by atoms with Gasteiger partial charge in [-0.2, -0.15) is 0 Å². The predicted molar refractivity (Wildman–Crippen MR) is 72.3 cm³/mol. The second-order valence-electron chi connectivity index (χ2n) is 4.67. The Morgan fingerprint density at radius 2 is 2.12 bits per heavy atom. The number of nitrogens with zero attached hydrogens (tertiary/aromatic N) is 2. The number of alkyl halides is 1. The van der Waals surface area contributed by atoms with Gasteiger partial charge in [-0.15, -0.1) is 0 Å². The van der Waals surface area contributed by atoms with Gasteiger partial charge in [-0.1, -0.05) is 28.8 Å². The number of anilines is 1. The molecule has 0 aliphatic heterocycles. The molecule has 0 amide bonds. The van der Waals surface area contributed by atoms with Gasteiger partial charge in [-0.3, -0.25) is 0 Å². The molecule has 0 aromatic carbocycles. The molecule has 2 nitrogen and oxygen atoms in total. The molecule has 1 heterocycles. The summed E-state index contributed by atoms with van der Waals surface area (Å²) in [6.45, 7) is 2.12. The summed E-state index contributed by atoms with van der Waals surface area (Å²) in [7, 11) is 2.16. The number of hydrogen-bond donors (Lipinski definition) is 0. The summed E-state index contributed by atoms with van der Waals surface area (Å²) in [5.41, 5.74) is 1.28. The summed E-state index contributed by atoms with van der Waals surface area (Å²) >= 11 is 3.80. The highest BCUT2D eigenvalue weighted by atomic mass is 79.9. The van der Waals surface area contributed by atoms with E-state index in [-0.39, 0.29) is 0 Å². The lowest BCUT2D eigenvalue weighted by Gasteiger charge is -2.36. The fourth-order valence-electron chi connectivity index (χ4n) is 2.39. The van der Waals surface area contributed by atoms with Crippen LogP contribution in [0.1, 0.15) is 31.2 Å². The SMILES string of the molecule is Cc1ccnc(N(C)C2CCCCC2Br)c1. The predicted octanol–water partition coefficient (Wildman–Crippen LogP) is 3.53. The molecule has 0 spiro atoms. The van der Waals surface area contributed by atoms with Crippen LogP contribution in [0.3, 0.4) is 0 Å². The van der Waals surface area contributed by atoms with Crippen molar-refractivity contribution in [2.75, 3.05) is 11.9 Å². The van der Waals surface area contributed by atoms with Crippen molar-refractivity contribution in [3.63, 3.8) is 0 Å². The van der Waals surface area contributed by atoms with E-state index in [9.17, 15) is 0 Å². The quantitative estimate of drug-likeness (QED) is 0.772. The lowest BCUT2D eigenvalue weighted by Crippen LogP contribution is -2.41. The van der Waals surface area contributed by atoms with E-state index in [1.807, 2.05) is 12.3 Å². The van der Waals surface area contributed by atoms with Gasteiger partial charge in [0, 0.05) is 24.1 Å². The van der Waals surface area contributed by atoms with Gasteiger partial charge < -0.3 is 4.90 Å². The maximum Gasteiger partial charge on any atom is 0.128 e. The molecular formula is C13H19BrN2. The summed E-state index contributed by atoms with van der Waals surface area (Å²) in [6, 6.07) is 4.79. The van der Waals surface area contributed by atoms with E-state index in [0.29, 0.717) is 10.9 Å². The molecule has 2 rings (SSSR count). The Bertz CT molecular complexity index is 354. The number of aromatic nitrogens is 1. The van der Waals surface area contributed by atoms with E-state index in [2.05, 4.69) is 45.9 Å². The normalized spacial score (nSPS) is 25.4. The topological polar surface area (TPSA) is 16.1 Å². The van der Waals surface area contributed by atoms with Crippen molar-refractivity contribution < 1.29 is 0 Å². The van der Waals surface area contributed by atoms with Crippen molar-refractivity contribution in [1.82, 2.24) is 4.98 Å². The van der Waals surface area contributed by atoms with Crippen LogP contribution < -0.4 is 4.90 Å². The molecule has 16 heavy (non-hydrogen) atoms. The highest BCUT2D eigenvalue weighted by molar-refractivity contribution is 9.09. The molecule has 0 radical (unpaired) electrons. The van der Waals surface area contributed by atoms with Crippen LogP contribution in [-0.4, -0.2) is 22.9 Å². The van der Waals surface area contributed by atoms with Gasteiger partial charge in [-0.25, -0.2) is 4.98 Å². The second-order valence-corrected chi connectivity index (χ2v) is 5.85. The summed E-state index contributed by atoms with van der Waals surface area (Å²) in [5, 5.41) is 0. The first-order chi connectivity index (χ1) is 7.68. The zero-order valence-electron chi connectivity index (χ0n) is 9.99.